The first-order valence-corrected chi connectivity index (χ1v) is 15.5. The van der Waals surface area contributed by atoms with Gasteiger partial charge in [0.05, 0.1) is 17.1 Å². The summed E-state index contributed by atoms with van der Waals surface area (Å²) >= 11 is 0. The maximum atomic E-state index is 11.4. The Morgan fingerprint density at radius 2 is 1.21 bits per heavy atom. The molecule has 0 fully saturated rings. The third-order valence-electron chi connectivity index (χ3n) is 6.69. The van der Waals surface area contributed by atoms with Crippen LogP contribution in [0.5, 0.6) is 0 Å². The van der Waals surface area contributed by atoms with Crippen LogP contribution >= 0.6 is 0 Å². The van der Waals surface area contributed by atoms with Crippen molar-refractivity contribution in [3.63, 3.8) is 0 Å². The third-order valence-corrected chi connectivity index (χ3v) is 6.69. The smallest absolute Gasteiger partial charge is 0.253 e. The van der Waals surface area contributed by atoms with E-state index in [2.05, 4.69) is 42.1 Å². The molecule has 0 amide bonds. The van der Waals surface area contributed by atoms with E-state index in [0.717, 1.165) is 64.8 Å². The van der Waals surface area contributed by atoms with Crippen molar-refractivity contribution in [2.75, 3.05) is 13.2 Å². The number of ketones is 1. The van der Waals surface area contributed by atoms with Crippen molar-refractivity contribution >= 4 is 17.2 Å². The Morgan fingerprint density at radius 1 is 0.729 bits per heavy atom. The molecule has 246 valence electrons. The molecule has 0 spiro atoms. The Labute approximate surface area is 282 Å². The first kappa shape index (κ1) is 36.8. The molecule has 0 bridgehead atoms. The number of aromatic nitrogens is 4. The zero-order valence-electron chi connectivity index (χ0n) is 27.8. The molecule has 4 aromatic heterocycles. The highest BCUT2D eigenvalue weighted by Crippen LogP contribution is 2.11. The second-order valence-electron chi connectivity index (χ2n) is 10.7. The van der Waals surface area contributed by atoms with Crippen molar-refractivity contribution in [3.05, 3.63) is 118 Å². The van der Waals surface area contributed by atoms with Crippen molar-refractivity contribution in [2.45, 2.75) is 59.5 Å². The number of pyridine rings is 4. The number of hydrogen-bond donors (Lipinski definition) is 1. The lowest BCUT2D eigenvalue weighted by Gasteiger charge is -2.06. The van der Waals surface area contributed by atoms with Crippen molar-refractivity contribution in [1.82, 2.24) is 19.9 Å². The number of rotatable bonds is 14. The Bertz CT molecular complexity index is 1810. The lowest BCUT2D eigenvalue weighted by atomic mass is 10.2. The molecule has 0 saturated heterocycles. The van der Waals surface area contributed by atoms with E-state index in [1.165, 1.54) is 0 Å². The molecule has 10 nitrogen and oxygen atoms in total. The second kappa shape index (κ2) is 19.7. The Morgan fingerprint density at radius 3 is 1.71 bits per heavy atom. The molecule has 0 aliphatic heterocycles. The van der Waals surface area contributed by atoms with Crippen LogP contribution in [-0.2, 0) is 22.5 Å². The number of aliphatic hydroxyl groups excluding tert-OH is 1. The molecular weight excluding hydrogens is 604 g/mol. The molecule has 48 heavy (non-hydrogen) atoms. The summed E-state index contributed by atoms with van der Waals surface area (Å²) in [4.78, 5) is 39.5. The van der Waals surface area contributed by atoms with Gasteiger partial charge in [-0.3, -0.25) is 19.7 Å². The van der Waals surface area contributed by atoms with E-state index in [1.54, 1.807) is 18.2 Å². The summed E-state index contributed by atoms with van der Waals surface area (Å²) in [5, 5.41) is 17.8. The summed E-state index contributed by atoms with van der Waals surface area (Å²) in [6.07, 6.45) is 12.2. The lowest BCUT2D eigenvalue weighted by Crippen LogP contribution is -2.03. The van der Waals surface area contributed by atoms with E-state index in [1.807, 2.05) is 82.3 Å². The number of carbonyl (C=O) groups excluding carboxylic acids is 1. The summed E-state index contributed by atoms with van der Waals surface area (Å²) in [5.41, 5.74) is 7.45. The highest BCUT2D eigenvalue weighted by atomic mass is 16.6. The predicted molar refractivity (Wildman–Crippen MR) is 186 cm³/mol. The summed E-state index contributed by atoms with van der Waals surface area (Å²) in [6, 6.07) is 22.3. The van der Waals surface area contributed by atoms with E-state index < -0.39 is 11.9 Å². The normalized spacial score (nSPS) is 11.7. The zero-order chi connectivity index (χ0) is 34.7. The van der Waals surface area contributed by atoms with Gasteiger partial charge < -0.3 is 14.8 Å². The van der Waals surface area contributed by atoms with Crippen molar-refractivity contribution in [3.8, 4) is 24.7 Å². The highest BCUT2D eigenvalue weighted by molar-refractivity contribution is 6.07. The van der Waals surface area contributed by atoms with E-state index in [4.69, 9.17) is 22.5 Å². The quantitative estimate of drug-likeness (QED) is 0.0455. The SMILES string of the molecule is C#CC(=O)c1cccc(CCCO/N=C(\C)c2cccc(C)n2)n1.C#CC(O)c1cccc(CCCO/N=C(\C)c2cccc(C)n2)n1. The number of aryl methyl sites for hydroxylation is 4. The number of aliphatic hydroxyl groups is 1. The van der Waals surface area contributed by atoms with Crippen LogP contribution in [0.3, 0.4) is 0 Å². The Hall–Kier alpha value is -5.71. The molecule has 4 aromatic rings. The maximum Gasteiger partial charge on any atom is 0.253 e. The first-order valence-electron chi connectivity index (χ1n) is 15.5. The van der Waals surface area contributed by atoms with Gasteiger partial charge in [0, 0.05) is 22.8 Å². The van der Waals surface area contributed by atoms with Crippen molar-refractivity contribution in [2.24, 2.45) is 10.3 Å². The topological polar surface area (TPSA) is 132 Å². The van der Waals surface area contributed by atoms with Gasteiger partial charge in [0.2, 0.25) is 0 Å². The Kier molecular flexibility index (Phi) is 15.1. The molecule has 0 saturated carbocycles. The van der Waals surface area contributed by atoms with Gasteiger partial charge in [-0.25, -0.2) is 4.98 Å². The van der Waals surface area contributed by atoms with Gasteiger partial charge in [-0.1, -0.05) is 40.5 Å². The van der Waals surface area contributed by atoms with Crippen molar-refractivity contribution in [1.29, 1.82) is 0 Å². The van der Waals surface area contributed by atoms with Crippen LogP contribution in [0.2, 0.25) is 0 Å². The molecule has 0 radical (unpaired) electrons. The van der Waals surface area contributed by atoms with Gasteiger partial charge in [0.25, 0.3) is 5.78 Å². The molecule has 0 aromatic carbocycles. The van der Waals surface area contributed by atoms with Crippen LogP contribution < -0.4 is 0 Å². The van der Waals surface area contributed by atoms with Crippen LogP contribution in [0, 0.1) is 38.5 Å². The summed E-state index contributed by atoms with van der Waals surface area (Å²) in [6.45, 7) is 8.54. The largest absolute Gasteiger partial charge is 0.396 e. The minimum absolute atomic E-state index is 0.301. The van der Waals surface area contributed by atoms with Gasteiger partial charge in [-0.15, -0.1) is 12.8 Å². The average molecular weight is 645 g/mol. The first-order chi connectivity index (χ1) is 23.2. The standard InChI is InChI=1S/C19H21N3O2.C19H19N3O2/c2*1-4-19(23)18-12-6-9-16(21-18)10-7-13-24-22-15(3)17-11-5-8-14(2)20-17/h1,5-6,8-9,11-12,19,23H,7,10,13H2,2-3H3;1,5-6,8-9,11-12H,7,10,13H2,2-3H3/b2*22-15+. The van der Waals surface area contributed by atoms with Gasteiger partial charge in [-0.2, -0.15) is 0 Å². The van der Waals surface area contributed by atoms with E-state index in [-0.39, 0.29) is 0 Å². The predicted octanol–water partition coefficient (Wildman–Crippen LogP) is 5.80. The van der Waals surface area contributed by atoms with E-state index >= 15 is 0 Å². The van der Waals surface area contributed by atoms with Crippen molar-refractivity contribution < 1.29 is 19.6 Å². The van der Waals surface area contributed by atoms with Crippen LogP contribution in [-0.4, -0.2) is 55.5 Å². The summed E-state index contributed by atoms with van der Waals surface area (Å²) < 4.78 is 0. The average Bonchev–Trinajstić information content (AvgIpc) is 3.11. The number of nitrogens with zero attached hydrogens (tertiary/aromatic N) is 6. The van der Waals surface area contributed by atoms with Crippen LogP contribution in [0.15, 0.2) is 83.1 Å². The molecule has 1 N–H and O–H groups in total. The number of terminal acetylenes is 2. The fourth-order valence-corrected chi connectivity index (χ4v) is 4.20. The van der Waals surface area contributed by atoms with Gasteiger partial charge >= 0.3 is 0 Å². The van der Waals surface area contributed by atoms with Gasteiger partial charge in [0.1, 0.15) is 30.3 Å². The Balaban J connectivity index is 0.000000260. The van der Waals surface area contributed by atoms with Crippen LogP contribution in [0.1, 0.15) is 83.1 Å². The zero-order valence-corrected chi connectivity index (χ0v) is 27.8. The fourth-order valence-electron chi connectivity index (χ4n) is 4.20. The minimum atomic E-state index is -0.963. The van der Waals surface area contributed by atoms with E-state index in [0.29, 0.717) is 31.0 Å². The van der Waals surface area contributed by atoms with Crippen LogP contribution in [0.25, 0.3) is 0 Å². The third kappa shape index (κ3) is 12.6. The van der Waals surface area contributed by atoms with Gasteiger partial charge in [0.15, 0.2) is 6.10 Å². The summed E-state index contributed by atoms with van der Waals surface area (Å²) in [5.74, 6) is 3.92. The second-order valence-corrected chi connectivity index (χ2v) is 10.7. The molecule has 0 aliphatic rings. The number of oxime groups is 2. The molecule has 0 aliphatic carbocycles. The van der Waals surface area contributed by atoms with E-state index in [9.17, 15) is 9.90 Å². The maximum absolute atomic E-state index is 11.4. The molecule has 4 heterocycles. The number of hydrogen-bond acceptors (Lipinski definition) is 10. The van der Waals surface area contributed by atoms with Crippen LogP contribution in [0.4, 0.5) is 0 Å². The minimum Gasteiger partial charge on any atom is -0.396 e. The molecule has 4 rings (SSSR count). The molecule has 1 unspecified atom stereocenters. The number of carbonyl (C=O) groups is 1. The molecule has 1 atom stereocenters. The number of Topliss-reactive ketones (excluding diaryl/α,β-unsaturated/α-hetero) is 1. The molecular formula is C38H40N6O4. The summed E-state index contributed by atoms with van der Waals surface area (Å²) in [7, 11) is 0. The lowest BCUT2D eigenvalue weighted by molar-refractivity contribution is 0.105. The van der Waals surface area contributed by atoms with Gasteiger partial charge in [-0.05, 0) is 108 Å². The highest BCUT2D eigenvalue weighted by Gasteiger charge is 2.07. The fraction of sp³-hybridized carbons (Fsp3) is 0.289. The molecule has 10 heteroatoms. The monoisotopic (exact) mass is 644 g/mol.